The first kappa shape index (κ1) is 27.7. The Balaban J connectivity index is 1.31. The molecule has 0 bridgehead atoms. The van der Waals surface area contributed by atoms with Crippen molar-refractivity contribution in [1.29, 1.82) is 0 Å². The van der Waals surface area contributed by atoms with Crippen LogP contribution in [0.5, 0.6) is 0 Å². The Morgan fingerprint density at radius 1 is 1.10 bits per heavy atom. The summed E-state index contributed by atoms with van der Waals surface area (Å²) in [4.78, 5) is 17.2. The van der Waals surface area contributed by atoms with Gasteiger partial charge in [0.2, 0.25) is 5.91 Å². The Kier molecular flexibility index (Phi) is 7.81. The van der Waals surface area contributed by atoms with Crippen LogP contribution in [0.15, 0.2) is 59.1 Å². The van der Waals surface area contributed by atoms with E-state index in [0.717, 1.165) is 5.56 Å². The third-order valence-corrected chi connectivity index (χ3v) is 8.41. The monoisotopic (exact) mass is 606 g/mol. The van der Waals surface area contributed by atoms with E-state index in [0.29, 0.717) is 51.1 Å². The quantitative estimate of drug-likeness (QED) is 0.215. The van der Waals surface area contributed by atoms with Crippen molar-refractivity contribution in [1.82, 2.24) is 10.1 Å². The zero-order valence-corrected chi connectivity index (χ0v) is 23.4. The van der Waals surface area contributed by atoms with Gasteiger partial charge in [-0.3, -0.25) is 9.00 Å². The van der Waals surface area contributed by atoms with Gasteiger partial charge in [0, 0.05) is 32.1 Å². The summed E-state index contributed by atoms with van der Waals surface area (Å²) in [6, 6.07) is 14.2. The van der Waals surface area contributed by atoms with E-state index in [-0.39, 0.29) is 23.2 Å². The SMILES string of the molecule is CC(c1ccc(CC(=O)Nc2cc(Cl)c(C3(c4noc(-c5ccc(F)c(Cl)c5)n4)CC3)c(Cl)c2)cc1)S(=O)[O-]. The van der Waals surface area contributed by atoms with Gasteiger partial charge in [-0.2, -0.15) is 4.98 Å². The Morgan fingerprint density at radius 3 is 2.36 bits per heavy atom. The largest absolute Gasteiger partial charge is 0.772 e. The number of carbonyl (C=O) groups excluding carboxylic acids is 1. The minimum atomic E-state index is -2.22. The molecule has 1 aliphatic carbocycles. The lowest BCUT2D eigenvalue weighted by Crippen LogP contribution is -2.16. The number of carbonyl (C=O) groups is 1. The van der Waals surface area contributed by atoms with E-state index in [4.69, 9.17) is 39.3 Å². The maximum atomic E-state index is 13.5. The van der Waals surface area contributed by atoms with Crippen LogP contribution in [0.25, 0.3) is 11.5 Å². The van der Waals surface area contributed by atoms with Crippen molar-refractivity contribution in [3.63, 3.8) is 0 Å². The number of rotatable bonds is 8. The third-order valence-electron chi connectivity index (χ3n) is 6.68. The predicted octanol–water partition coefficient (Wildman–Crippen LogP) is 7.04. The normalized spacial score (nSPS) is 15.5. The molecule has 5 rings (SSSR count). The Bertz CT molecular complexity index is 1570. The van der Waals surface area contributed by atoms with E-state index >= 15 is 0 Å². The molecule has 2 unspecified atom stereocenters. The second-order valence-electron chi connectivity index (χ2n) is 9.32. The van der Waals surface area contributed by atoms with Gasteiger partial charge in [-0.15, -0.1) is 0 Å². The van der Waals surface area contributed by atoms with Gasteiger partial charge in [0.25, 0.3) is 5.89 Å². The summed E-state index contributed by atoms with van der Waals surface area (Å²) in [5.41, 5.74) is 2.27. The fourth-order valence-corrected chi connectivity index (χ4v) is 5.79. The Labute approximate surface area is 241 Å². The van der Waals surface area contributed by atoms with Gasteiger partial charge >= 0.3 is 0 Å². The highest BCUT2D eigenvalue weighted by atomic mass is 35.5. The van der Waals surface area contributed by atoms with E-state index in [2.05, 4.69) is 15.5 Å². The molecule has 1 amide bonds. The van der Waals surface area contributed by atoms with E-state index in [1.807, 2.05) is 0 Å². The average Bonchev–Trinajstić information content (AvgIpc) is 3.51. The summed E-state index contributed by atoms with van der Waals surface area (Å²) in [7, 11) is 0. The molecule has 1 N–H and O–H groups in total. The number of benzene rings is 3. The molecule has 0 spiro atoms. The van der Waals surface area contributed by atoms with Crippen molar-refractivity contribution in [2.75, 3.05) is 5.32 Å². The maximum absolute atomic E-state index is 13.5. The van der Waals surface area contributed by atoms with Crippen LogP contribution in [-0.2, 0) is 27.7 Å². The zero-order chi connectivity index (χ0) is 27.9. The number of anilines is 1. The van der Waals surface area contributed by atoms with Crippen molar-refractivity contribution < 1.29 is 22.5 Å². The van der Waals surface area contributed by atoms with Crippen molar-refractivity contribution in [3.8, 4) is 11.5 Å². The third kappa shape index (κ3) is 5.73. The first-order valence-electron chi connectivity index (χ1n) is 11.8. The molecule has 202 valence electrons. The highest BCUT2D eigenvalue weighted by molar-refractivity contribution is 7.79. The number of amides is 1. The van der Waals surface area contributed by atoms with Gasteiger partial charge in [0.15, 0.2) is 5.82 Å². The van der Waals surface area contributed by atoms with Crippen molar-refractivity contribution in [3.05, 3.63) is 98.0 Å². The van der Waals surface area contributed by atoms with Crippen LogP contribution in [-0.4, -0.2) is 24.8 Å². The highest BCUT2D eigenvalue weighted by Crippen LogP contribution is 2.57. The first-order chi connectivity index (χ1) is 18.6. The summed E-state index contributed by atoms with van der Waals surface area (Å²) in [5, 5.41) is 6.94. The Hall–Kier alpha value is -2.82. The molecular formula is C27H20Cl3FN3O4S-. The minimum Gasteiger partial charge on any atom is -0.772 e. The second-order valence-corrected chi connectivity index (χ2v) is 11.8. The molecule has 7 nitrogen and oxygen atoms in total. The number of nitrogens with zero attached hydrogens (tertiary/aromatic N) is 2. The molecule has 39 heavy (non-hydrogen) atoms. The van der Waals surface area contributed by atoms with E-state index in [1.165, 1.54) is 18.2 Å². The van der Waals surface area contributed by atoms with E-state index < -0.39 is 27.6 Å². The summed E-state index contributed by atoms with van der Waals surface area (Å²) in [5.74, 6) is -0.244. The predicted molar refractivity (Wildman–Crippen MR) is 147 cm³/mol. The zero-order valence-electron chi connectivity index (χ0n) is 20.3. The minimum absolute atomic E-state index is 0.0549. The van der Waals surface area contributed by atoms with Gasteiger partial charge in [0.1, 0.15) is 5.82 Å². The summed E-state index contributed by atoms with van der Waals surface area (Å²) in [6.07, 6.45) is 1.46. The fraction of sp³-hybridized carbons (Fsp3) is 0.222. The molecule has 12 heteroatoms. The molecule has 0 radical (unpaired) electrons. The van der Waals surface area contributed by atoms with Crippen LogP contribution in [0.1, 0.15) is 47.5 Å². The van der Waals surface area contributed by atoms with Crippen molar-refractivity contribution in [2.45, 2.75) is 36.9 Å². The van der Waals surface area contributed by atoms with Gasteiger partial charge < -0.3 is 14.4 Å². The van der Waals surface area contributed by atoms with Crippen LogP contribution in [0.3, 0.4) is 0 Å². The molecule has 1 saturated carbocycles. The van der Waals surface area contributed by atoms with Crippen LogP contribution < -0.4 is 5.32 Å². The molecule has 0 aliphatic heterocycles. The number of hydrogen-bond acceptors (Lipinski definition) is 6. The number of halogens is 4. The summed E-state index contributed by atoms with van der Waals surface area (Å²) in [6.45, 7) is 1.59. The smallest absolute Gasteiger partial charge is 0.258 e. The molecule has 1 fully saturated rings. The van der Waals surface area contributed by atoms with Crippen LogP contribution >= 0.6 is 34.8 Å². The van der Waals surface area contributed by atoms with Crippen molar-refractivity contribution in [2.24, 2.45) is 0 Å². The molecule has 0 saturated heterocycles. The Morgan fingerprint density at radius 2 is 1.77 bits per heavy atom. The molecule has 2 atom stereocenters. The van der Waals surface area contributed by atoms with Gasteiger partial charge in [-0.1, -0.05) is 64.2 Å². The van der Waals surface area contributed by atoms with Crippen LogP contribution in [0.4, 0.5) is 10.1 Å². The molecular weight excluding hydrogens is 588 g/mol. The lowest BCUT2D eigenvalue weighted by molar-refractivity contribution is -0.115. The molecule has 4 aromatic rings. The second kappa shape index (κ2) is 11.0. The number of aromatic nitrogens is 2. The summed E-state index contributed by atoms with van der Waals surface area (Å²) >= 11 is 17.0. The highest BCUT2D eigenvalue weighted by Gasteiger charge is 2.52. The first-order valence-corrected chi connectivity index (χ1v) is 14.1. The van der Waals surface area contributed by atoms with Crippen LogP contribution in [0, 0.1) is 5.82 Å². The van der Waals surface area contributed by atoms with E-state index in [1.54, 1.807) is 43.3 Å². The maximum Gasteiger partial charge on any atom is 0.258 e. The number of hydrogen-bond donors (Lipinski definition) is 1. The topological polar surface area (TPSA) is 108 Å². The average molecular weight is 608 g/mol. The molecule has 1 aromatic heterocycles. The van der Waals surface area contributed by atoms with Crippen molar-refractivity contribution >= 4 is 57.5 Å². The summed E-state index contributed by atoms with van der Waals surface area (Å²) < 4.78 is 41.3. The standard InChI is InChI=1S/C27H21Cl3FN3O4S/c1-14(39(36)37)16-4-2-15(3-5-16)10-23(35)32-18-12-20(29)24(21(30)13-18)27(8-9-27)26-33-25(38-34-26)17-6-7-22(31)19(28)11-17/h2-7,11-14H,8-10H2,1H3,(H,32,35)(H,36,37)/p-1. The van der Waals surface area contributed by atoms with Gasteiger partial charge in [0.05, 0.1) is 16.9 Å². The molecule has 3 aromatic carbocycles. The molecule has 1 heterocycles. The lowest BCUT2D eigenvalue weighted by atomic mass is 9.94. The molecule has 1 aliphatic rings. The number of nitrogens with one attached hydrogen (secondary N) is 1. The fourth-order valence-electron chi connectivity index (χ4n) is 4.39. The lowest BCUT2D eigenvalue weighted by Gasteiger charge is -2.17. The van der Waals surface area contributed by atoms with Gasteiger partial charge in [-0.25, -0.2) is 4.39 Å². The van der Waals surface area contributed by atoms with Crippen LogP contribution in [0.2, 0.25) is 15.1 Å². The van der Waals surface area contributed by atoms with Gasteiger partial charge in [-0.05, 0) is 72.3 Å². The van der Waals surface area contributed by atoms with E-state index in [9.17, 15) is 17.9 Å².